The van der Waals surface area contributed by atoms with Gasteiger partial charge in [-0.3, -0.25) is 4.79 Å². The molecule has 1 aromatic heterocycles. The van der Waals surface area contributed by atoms with Crippen LogP contribution in [0.2, 0.25) is 0 Å². The van der Waals surface area contributed by atoms with E-state index in [1.807, 2.05) is 18.2 Å². The van der Waals surface area contributed by atoms with Crippen LogP contribution >= 0.6 is 11.8 Å². The molecule has 0 saturated heterocycles. The molecule has 1 N–H and O–H groups in total. The zero-order valence-electron chi connectivity index (χ0n) is 15.2. The Morgan fingerprint density at radius 1 is 1.00 bits per heavy atom. The summed E-state index contributed by atoms with van der Waals surface area (Å²) in [6.45, 7) is 0. The van der Waals surface area contributed by atoms with Crippen LogP contribution in [0.15, 0.2) is 64.5 Å². The Morgan fingerprint density at radius 3 is 2.56 bits per heavy atom. The topological polar surface area (TPSA) is 45.8 Å². The van der Waals surface area contributed by atoms with Crippen molar-refractivity contribution in [2.75, 3.05) is 0 Å². The van der Waals surface area contributed by atoms with Crippen LogP contribution in [-0.4, -0.2) is 9.97 Å². The summed E-state index contributed by atoms with van der Waals surface area (Å²) in [5.74, 6) is 0.801. The third kappa shape index (κ3) is 2.92. The fourth-order valence-electron chi connectivity index (χ4n) is 4.77. The standard InChI is InChI=1S/C23H22N2OS/c26-21-19-20(24-22(25-21)27-15-16-8-2-1-3-9-16)18-11-5-4-10-17(18)14-23(19)12-6-7-13-23/h1-5,8-11H,6-7,12-15H2,(H,24,25,26). The van der Waals surface area contributed by atoms with Crippen molar-refractivity contribution in [3.05, 3.63) is 81.6 Å². The molecule has 5 rings (SSSR count). The molecular formula is C23H22N2OS. The van der Waals surface area contributed by atoms with E-state index in [2.05, 4.69) is 41.4 Å². The smallest absolute Gasteiger partial charge is 0.255 e. The van der Waals surface area contributed by atoms with Crippen LogP contribution in [0.3, 0.4) is 0 Å². The van der Waals surface area contributed by atoms with Crippen molar-refractivity contribution in [3.63, 3.8) is 0 Å². The summed E-state index contributed by atoms with van der Waals surface area (Å²) in [4.78, 5) is 21.2. The first kappa shape index (κ1) is 16.8. The fraction of sp³-hybridized carbons (Fsp3) is 0.304. The molecule has 0 unspecified atom stereocenters. The fourth-order valence-corrected chi connectivity index (χ4v) is 5.59. The molecule has 1 heterocycles. The number of H-pyrrole nitrogens is 1. The van der Waals surface area contributed by atoms with Crippen LogP contribution in [0.25, 0.3) is 11.3 Å². The summed E-state index contributed by atoms with van der Waals surface area (Å²) in [6, 6.07) is 18.8. The normalized spacial score (nSPS) is 16.9. The number of aromatic nitrogens is 2. The minimum atomic E-state index is -0.0209. The largest absolute Gasteiger partial charge is 0.301 e. The van der Waals surface area contributed by atoms with Gasteiger partial charge in [-0.1, -0.05) is 79.2 Å². The Morgan fingerprint density at radius 2 is 1.74 bits per heavy atom. The second-order valence-corrected chi connectivity index (χ2v) is 8.65. The van der Waals surface area contributed by atoms with Crippen molar-refractivity contribution in [2.24, 2.45) is 0 Å². The Kier molecular flexibility index (Phi) is 4.16. The highest BCUT2D eigenvalue weighted by atomic mass is 32.2. The average Bonchev–Trinajstić information content (AvgIpc) is 3.15. The molecule has 0 bridgehead atoms. The van der Waals surface area contributed by atoms with Crippen LogP contribution in [0, 0.1) is 0 Å². The van der Waals surface area contributed by atoms with E-state index in [-0.39, 0.29) is 11.0 Å². The Hall–Kier alpha value is -2.33. The van der Waals surface area contributed by atoms with Gasteiger partial charge in [-0.2, -0.15) is 0 Å². The summed E-state index contributed by atoms with van der Waals surface area (Å²) >= 11 is 1.60. The lowest BCUT2D eigenvalue weighted by atomic mass is 9.68. The molecular weight excluding hydrogens is 352 g/mol. The van der Waals surface area contributed by atoms with Crippen LogP contribution in [0.4, 0.5) is 0 Å². The molecule has 0 atom stereocenters. The van der Waals surface area contributed by atoms with E-state index < -0.39 is 0 Å². The van der Waals surface area contributed by atoms with E-state index in [9.17, 15) is 4.79 Å². The highest BCUT2D eigenvalue weighted by Crippen LogP contribution is 2.49. The number of nitrogens with one attached hydrogen (secondary N) is 1. The predicted molar refractivity (Wildman–Crippen MR) is 110 cm³/mol. The average molecular weight is 375 g/mol. The number of benzene rings is 2. The quantitative estimate of drug-likeness (QED) is 0.513. The lowest BCUT2D eigenvalue weighted by Crippen LogP contribution is -2.37. The van der Waals surface area contributed by atoms with E-state index in [1.54, 1.807) is 11.8 Å². The molecule has 2 aliphatic rings. The molecule has 4 heteroatoms. The lowest BCUT2D eigenvalue weighted by molar-refractivity contribution is 0.425. The minimum absolute atomic E-state index is 0.0209. The molecule has 0 radical (unpaired) electrons. The molecule has 3 aromatic rings. The van der Waals surface area contributed by atoms with Gasteiger partial charge in [-0.15, -0.1) is 0 Å². The van der Waals surface area contributed by atoms with E-state index in [0.717, 1.165) is 41.8 Å². The highest BCUT2D eigenvalue weighted by molar-refractivity contribution is 7.98. The molecule has 136 valence electrons. The van der Waals surface area contributed by atoms with Crippen LogP contribution in [0.1, 0.15) is 42.4 Å². The van der Waals surface area contributed by atoms with E-state index >= 15 is 0 Å². The first-order valence-corrected chi connectivity index (χ1v) is 10.6. The van der Waals surface area contributed by atoms with Gasteiger partial charge in [0.05, 0.1) is 11.3 Å². The van der Waals surface area contributed by atoms with Gasteiger partial charge in [0.1, 0.15) is 0 Å². The molecule has 27 heavy (non-hydrogen) atoms. The highest BCUT2D eigenvalue weighted by Gasteiger charge is 2.43. The summed E-state index contributed by atoms with van der Waals surface area (Å²) < 4.78 is 0. The second kappa shape index (κ2) is 6.68. The van der Waals surface area contributed by atoms with E-state index in [0.29, 0.717) is 5.16 Å². The molecule has 2 aliphatic carbocycles. The first-order chi connectivity index (χ1) is 13.3. The monoisotopic (exact) mass is 374 g/mol. The van der Waals surface area contributed by atoms with Crippen molar-refractivity contribution >= 4 is 11.8 Å². The lowest BCUT2D eigenvalue weighted by Gasteiger charge is -2.35. The Labute approximate surface area is 163 Å². The molecule has 3 nitrogen and oxygen atoms in total. The number of thioether (sulfide) groups is 1. The predicted octanol–water partition coefficient (Wildman–Crippen LogP) is 5.10. The Bertz CT molecular complexity index is 1040. The summed E-state index contributed by atoms with van der Waals surface area (Å²) in [5, 5.41) is 0.715. The third-order valence-corrected chi connectivity index (χ3v) is 6.95. The van der Waals surface area contributed by atoms with Gasteiger partial charge in [0.15, 0.2) is 5.16 Å². The molecule has 0 aliphatic heterocycles. The minimum Gasteiger partial charge on any atom is -0.301 e. The van der Waals surface area contributed by atoms with Crippen LogP contribution in [-0.2, 0) is 17.6 Å². The SMILES string of the molecule is O=c1[nH]c(SCc2ccccc2)nc2c1C1(CCCC1)Cc1ccccc1-2. The van der Waals surface area contributed by atoms with Crippen molar-refractivity contribution in [2.45, 2.75) is 48.4 Å². The molecule has 1 fully saturated rings. The van der Waals surface area contributed by atoms with E-state index in [1.165, 1.54) is 24.0 Å². The number of fused-ring (bicyclic) bond motifs is 4. The van der Waals surface area contributed by atoms with Gasteiger partial charge in [0.2, 0.25) is 0 Å². The van der Waals surface area contributed by atoms with Gasteiger partial charge >= 0.3 is 0 Å². The van der Waals surface area contributed by atoms with Gasteiger partial charge < -0.3 is 4.98 Å². The van der Waals surface area contributed by atoms with E-state index in [4.69, 9.17) is 4.98 Å². The van der Waals surface area contributed by atoms with Gasteiger partial charge in [-0.05, 0) is 30.4 Å². The molecule has 0 amide bonds. The summed E-state index contributed by atoms with van der Waals surface area (Å²) in [6.07, 6.45) is 5.56. The zero-order valence-corrected chi connectivity index (χ0v) is 16.0. The molecule has 1 spiro atoms. The number of hydrogen-bond acceptors (Lipinski definition) is 3. The number of rotatable bonds is 3. The van der Waals surface area contributed by atoms with Crippen molar-refractivity contribution in [1.82, 2.24) is 9.97 Å². The second-order valence-electron chi connectivity index (χ2n) is 7.69. The number of aromatic amines is 1. The molecule has 1 saturated carbocycles. The maximum atomic E-state index is 13.2. The maximum Gasteiger partial charge on any atom is 0.255 e. The number of nitrogens with zero attached hydrogens (tertiary/aromatic N) is 1. The third-order valence-electron chi connectivity index (χ3n) is 6.01. The van der Waals surface area contributed by atoms with Crippen LogP contribution in [0.5, 0.6) is 0 Å². The van der Waals surface area contributed by atoms with Gasteiger partial charge in [0, 0.05) is 16.7 Å². The van der Waals surface area contributed by atoms with Gasteiger partial charge in [-0.25, -0.2) is 4.98 Å². The summed E-state index contributed by atoms with van der Waals surface area (Å²) in [7, 11) is 0. The maximum absolute atomic E-state index is 13.2. The Balaban J connectivity index is 1.59. The van der Waals surface area contributed by atoms with Crippen LogP contribution < -0.4 is 5.56 Å². The molecule has 2 aromatic carbocycles. The summed E-state index contributed by atoms with van der Waals surface area (Å²) in [5.41, 5.74) is 5.59. The number of hydrogen-bond donors (Lipinski definition) is 1. The van der Waals surface area contributed by atoms with Crippen molar-refractivity contribution < 1.29 is 0 Å². The van der Waals surface area contributed by atoms with Gasteiger partial charge in [0.25, 0.3) is 5.56 Å². The van der Waals surface area contributed by atoms with Crippen molar-refractivity contribution in [1.29, 1.82) is 0 Å². The van der Waals surface area contributed by atoms with Crippen molar-refractivity contribution in [3.8, 4) is 11.3 Å². The zero-order chi connectivity index (χ0) is 18.3. The first-order valence-electron chi connectivity index (χ1n) is 9.65.